The fraction of sp³-hybridized carbons (Fsp3) is 0.308. The molecule has 0 aliphatic rings. The quantitative estimate of drug-likeness (QED) is 0.830. The Morgan fingerprint density at radius 2 is 2.19 bits per heavy atom. The third-order valence-corrected chi connectivity index (χ3v) is 2.74. The predicted molar refractivity (Wildman–Crippen MR) is 63.7 cm³/mol. The van der Waals surface area contributed by atoms with Gasteiger partial charge in [-0.1, -0.05) is 26.0 Å². The van der Waals surface area contributed by atoms with Gasteiger partial charge in [-0.3, -0.25) is 4.79 Å². The highest BCUT2D eigenvalue weighted by molar-refractivity contribution is 5.87. The first-order valence-corrected chi connectivity index (χ1v) is 5.40. The molecule has 84 valence electrons. The Bertz CT molecular complexity index is 526. The maximum atomic E-state index is 10.7. The highest BCUT2D eigenvalue weighted by Crippen LogP contribution is 2.24. The van der Waals surface area contributed by atoms with Gasteiger partial charge in [-0.05, 0) is 23.6 Å². The van der Waals surface area contributed by atoms with Crippen LogP contribution in [0.1, 0.15) is 31.0 Å². The average Bonchev–Trinajstić information content (AvgIpc) is 2.61. The largest absolute Gasteiger partial charge is 0.481 e. The number of aromatic nitrogens is 1. The van der Waals surface area contributed by atoms with Gasteiger partial charge in [0.1, 0.15) is 0 Å². The van der Waals surface area contributed by atoms with Gasteiger partial charge in [-0.25, -0.2) is 0 Å². The van der Waals surface area contributed by atoms with Gasteiger partial charge in [0.25, 0.3) is 0 Å². The summed E-state index contributed by atoms with van der Waals surface area (Å²) in [5.41, 5.74) is 3.03. The number of hydrogen-bond acceptors (Lipinski definition) is 1. The van der Waals surface area contributed by atoms with Crippen LogP contribution in [0.15, 0.2) is 24.3 Å². The zero-order valence-electron chi connectivity index (χ0n) is 9.45. The van der Waals surface area contributed by atoms with Gasteiger partial charge in [-0.2, -0.15) is 0 Å². The molecule has 0 saturated heterocycles. The van der Waals surface area contributed by atoms with E-state index in [1.54, 1.807) is 0 Å². The minimum absolute atomic E-state index is 0.0761. The van der Waals surface area contributed by atoms with Gasteiger partial charge in [0, 0.05) is 16.6 Å². The lowest BCUT2D eigenvalue weighted by Gasteiger charge is -1.98. The molecule has 0 radical (unpaired) electrons. The summed E-state index contributed by atoms with van der Waals surface area (Å²) < 4.78 is 0. The molecule has 1 aromatic carbocycles. The zero-order chi connectivity index (χ0) is 11.7. The molecule has 1 heterocycles. The third kappa shape index (κ3) is 1.94. The Morgan fingerprint density at radius 3 is 2.81 bits per heavy atom. The topological polar surface area (TPSA) is 53.1 Å². The van der Waals surface area contributed by atoms with E-state index >= 15 is 0 Å². The van der Waals surface area contributed by atoms with Gasteiger partial charge in [-0.15, -0.1) is 0 Å². The Labute approximate surface area is 94.1 Å². The van der Waals surface area contributed by atoms with E-state index in [9.17, 15) is 4.79 Å². The monoisotopic (exact) mass is 217 g/mol. The lowest BCUT2D eigenvalue weighted by molar-refractivity contribution is -0.136. The lowest BCUT2D eigenvalue weighted by Crippen LogP contribution is -1.99. The molecule has 2 aromatic rings. The van der Waals surface area contributed by atoms with Crippen LogP contribution in [0, 0.1) is 0 Å². The van der Waals surface area contributed by atoms with E-state index in [1.165, 1.54) is 0 Å². The second kappa shape index (κ2) is 4.00. The molecule has 0 aliphatic carbocycles. The van der Waals surface area contributed by atoms with Gasteiger partial charge < -0.3 is 10.1 Å². The Hall–Kier alpha value is -1.77. The molecule has 0 atom stereocenters. The summed E-state index contributed by atoms with van der Waals surface area (Å²) in [6, 6.07) is 7.79. The molecule has 3 heteroatoms. The first kappa shape index (κ1) is 10.7. The van der Waals surface area contributed by atoms with E-state index in [2.05, 4.69) is 24.9 Å². The number of nitrogens with one attached hydrogen (secondary N) is 1. The molecule has 0 aliphatic heterocycles. The van der Waals surface area contributed by atoms with E-state index < -0.39 is 5.97 Å². The van der Waals surface area contributed by atoms with Crippen molar-refractivity contribution in [3.05, 3.63) is 35.5 Å². The predicted octanol–water partition coefficient (Wildman–Crippen LogP) is 2.92. The molecule has 2 rings (SSSR count). The van der Waals surface area contributed by atoms with Crippen molar-refractivity contribution < 1.29 is 9.90 Å². The maximum Gasteiger partial charge on any atom is 0.307 e. The van der Waals surface area contributed by atoms with E-state index in [4.69, 9.17) is 5.11 Å². The van der Waals surface area contributed by atoms with Crippen LogP contribution in [0.2, 0.25) is 0 Å². The number of hydrogen-bond donors (Lipinski definition) is 2. The first-order chi connectivity index (χ1) is 7.58. The Balaban J connectivity index is 2.54. The minimum atomic E-state index is -0.792. The third-order valence-electron chi connectivity index (χ3n) is 2.74. The number of aromatic amines is 1. The van der Waals surface area contributed by atoms with Crippen molar-refractivity contribution in [1.29, 1.82) is 0 Å². The van der Waals surface area contributed by atoms with E-state index in [0.717, 1.165) is 22.2 Å². The number of carboxylic acids is 1. The van der Waals surface area contributed by atoms with Crippen molar-refractivity contribution in [2.75, 3.05) is 0 Å². The van der Waals surface area contributed by atoms with Crippen LogP contribution in [0.25, 0.3) is 10.9 Å². The van der Waals surface area contributed by atoms with Crippen molar-refractivity contribution in [2.45, 2.75) is 26.2 Å². The molecule has 16 heavy (non-hydrogen) atoms. The maximum absolute atomic E-state index is 10.7. The number of fused-ring (bicyclic) bond motifs is 1. The van der Waals surface area contributed by atoms with E-state index in [1.807, 2.05) is 18.2 Å². The van der Waals surface area contributed by atoms with Crippen LogP contribution in [0.5, 0.6) is 0 Å². The highest BCUT2D eigenvalue weighted by atomic mass is 16.4. The Kier molecular flexibility index (Phi) is 2.69. The summed E-state index contributed by atoms with van der Waals surface area (Å²) in [6.07, 6.45) is 0.0761. The standard InChI is InChI=1S/C13H15NO2/c1-8(2)12-7-10-9(6-13(15)16)4-3-5-11(10)14-12/h3-5,7-8,14H,6H2,1-2H3,(H,15,16). The van der Waals surface area contributed by atoms with Crippen molar-refractivity contribution in [1.82, 2.24) is 4.98 Å². The van der Waals surface area contributed by atoms with E-state index in [-0.39, 0.29) is 6.42 Å². The van der Waals surface area contributed by atoms with Gasteiger partial charge in [0.15, 0.2) is 0 Å². The molecule has 0 saturated carbocycles. The molecule has 0 bridgehead atoms. The molecule has 1 aromatic heterocycles. The van der Waals surface area contributed by atoms with Crippen molar-refractivity contribution >= 4 is 16.9 Å². The highest BCUT2D eigenvalue weighted by Gasteiger charge is 2.09. The van der Waals surface area contributed by atoms with Crippen molar-refractivity contribution in [2.24, 2.45) is 0 Å². The SMILES string of the molecule is CC(C)c1cc2c(CC(=O)O)cccc2[nH]1. The van der Waals surface area contributed by atoms with Gasteiger partial charge >= 0.3 is 5.97 Å². The lowest BCUT2D eigenvalue weighted by atomic mass is 10.1. The summed E-state index contributed by atoms with van der Waals surface area (Å²) in [7, 11) is 0. The van der Waals surface area contributed by atoms with Crippen molar-refractivity contribution in [3.63, 3.8) is 0 Å². The zero-order valence-corrected chi connectivity index (χ0v) is 9.45. The van der Waals surface area contributed by atoms with Crippen LogP contribution in [-0.2, 0) is 11.2 Å². The number of aliphatic carboxylic acids is 1. The number of benzene rings is 1. The number of rotatable bonds is 3. The summed E-state index contributed by atoms with van der Waals surface area (Å²) in [6.45, 7) is 4.23. The fourth-order valence-electron chi connectivity index (χ4n) is 1.87. The molecule has 3 nitrogen and oxygen atoms in total. The normalized spacial score (nSPS) is 11.2. The summed E-state index contributed by atoms with van der Waals surface area (Å²) in [5, 5.41) is 9.85. The summed E-state index contributed by atoms with van der Waals surface area (Å²) in [4.78, 5) is 14.1. The van der Waals surface area contributed by atoms with Crippen LogP contribution >= 0.6 is 0 Å². The summed E-state index contributed by atoms with van der Waals surface area (Å²) >= 11 is 0. The fourth-order valence-corrected chi connectivity index (χ4v) is 1.87. The molecular weight excluding hydrogens is 202 g/mol. The number of carboxylic acid groups (broad SMARTS) is 1. The van der Waals surface area contributed by atoms with Crippen LogP contribution in [-0.4, -0.2) is 16.1 Å². The second-order valence-corrected chi connectivity index (χ2v) is 4.33. The van der Waals surface area contributed by atoms with Crippen molar-refractivity contribution in [3.8, 4) is 0 Å². The summed E-state index contributed by atoms with van der Waals surface area (Å²) in [5.74, 6) is -0.370. The van der Waals surface area contributed by atoms with Gasteiger partial charge in [0.2, 0.25) is 0 Å². The molecule has 0 spiro atoms. The first-order valence-electron chi connectivity index (χ1n) is 5.40. The number of H-pyrrole nitrogens is 1. The van der Waals surface area contributed by atoms with Crippen LogP contribution < -0.4 is 0 Å². The molecule has 0 unspecified atom stereocenters. The molecular formula is C13H15NO2. The second-order valence-electron chi connectivity index (χ2n) is 4.33. The average molecular weight is 217 g/mol. The van der Waals surface area contributed by atoms with Crippen LogP contribution in [0.4, 0.5) is 0 Å². The molecule has 0 amide bonds. The molecule has 2 N–H and O–H groups in total. The Morgan fingerprint density at radius 1 is 1.44 bits per heavy atom. The van der Waals surface area contributed by atoms with Crippen LogP contribution in [0.3, 0.4) is 0 Å². The van der Waals surface area contributed by atoms with E-state index in [0.29, 0.717) is 5.92 Å². The molecule has 0 fully saturated rings. The minimum Gasteiger partial charge on any atom is -0.481 e. The number of carbonyl (C=O) groups is 1. The smallest absolute Gasteiger partial charge is 0.307 e. The van der Waals surface area contributed by atoms with Gasteiger partial charge in [0.05, 0.1) is 6.42 Å².